The summed E-state index contributed by atoms with van der Waals surface area (Å²) < 4.78 is 22.2. The van der Waals surface area contributed by atoms with Crippen molar-refractivity contribution in [2.45, 2.75) is 70.8 Å². The first kappa shape index (κ1) is 19.0. The fraction of sp³-hybridized carbons (Fsp3) is 0.579. The second-order valence-corrected chi connectivity index (χ2v) is 6.88. The van der Waals surface area contributed by atoms with E-state index >= 15 is 0 Å². The Morgan fingerprint density at radius 3 is 2.79 bits per heavy atom. The average molecular weight is 350 g/mol. The van der Waals surface area contributed by atoms with Gasteiger partial charge in [-0.25, -0.2) is 0 Å². The number of aryl methyl sites for hydroxylation is 1. The minimum absolute atomic E-state index is 0.00946. The maximum Gasteiger partial charge on any atom is 0.343 e. The zero-order chi connectivity index (χ0) is 17.2. The van der Waals surface area contributed by atoms with Crippen LogP contribution in [0.2, 0.25) is 0 Å². The minimum Gasteiger partial charge on any atom is -0.321 e. The van der Waals surface area contributed by atoms with Crippen LogP contribution in [0.15, 0.2) is 18.2 Å². The maximum atomic E-state index is 11.9. The molecule has 0 heterocycles. The molecule has 0 N–H and O–H groups in total. The Kier molecular flexibility index (Phi) is 8.31. The normalized spacial score (nSPS) is 16.5. The molecular weight excluding hydrogens is 324 g/mol. The SMILES string of the molecule is C#CCc1cc(CCCC)ccc1OOS(=O)OC1CCCCC1. The molecule has 0 aromatic heterocycles. The van der Waals surface area contributed by atoms with Crippen LogP contribution in [0.25, 0.3) is 0 Å². The van der Waals surface area contributed by atoms with Crippen molar-refractivity contribution in [2.24, 2.45) is 0 Å². The molecule has 0 saturated heterocycles. The fourth-order valence-corrected chi connectivity index (χ4v) is 3.43. The Balaban J connectivity index is 1.90. The lowest BCUT2D eigenvalue weighted by Gasteiger charge is -2.20. The molecule has 2 rings (SSSR count). The second-order valence-electron chi connectivity index (χ2n) is 6.14. The van der Waals surface area contributed by atoms with Crippen molar-refractivity contribution in [1.29, 1.82) is 0 Å². The summed E-state index contributed by atoms with van der Waals surface area (Å²) in [5.74, 6) is 3.11. The molecule has 0 amide bonds. The van der Waals surface area contributed by atoms with Crippen molar-refractivity contribution in [3.8, 4) is 18.1 Å². The number of rotatable bonds is 9. The minimum atomic E-state index is -1.91. The van der Waals surface area contributed by atoms with Gasteiger partial charge >= 0.3 is 11.4 Å². The van der Waals surface area contributed by atoms with Crippen LogP contribution in [0.3, 0.4) is 0 Å². The summed E-state index contributed by atoms with van der Waals surface area (Å²) in [5.41, 5.74) is 2.08. The largest absolute Gasteiger partial charge is 0.343 e. The van der Waals surface area contributed by atoms with Crippen LogP contribution in [-0.4, -0.2) is 10.3 Å². The molecule has 1 saturated carbocycles. The quantitative estimate of drug-likeness (QED) is 0.375. The third-order valence-corrected chi connectivity index (χ3v) is 4.79. The fourth-order valence-electron chi connectivity index (χ4n) is 2.85. The van der Waals surface area contributed by atoms with E-state index in [1.54, 1.807) is 0 Å². The number of hydrogen-bond donors (Lipinski definition) is 0. The summed E-state index contributed by atoms with van der Waals surface area (Å²) in [4.78, 5) is 5.23. The van der Waals surface area contributed by atoms with Crippen molar-refractivity contribution in [3.63, 3.8) is 0 Å². The van der Waals surface area contributed by atoms with Gasteiger partial charge in [0.15, 0.2) is 5.75 Å². The Hall–Kier alpha value is -1.35. The number of unbranched alkanes of at least 4 members (excludes halogenated alkanes) is 1. The summed E-state index contributed by atoms with van der Waals surface area (Å²) >= 11 is -1.91. The smallest absolute Gasteiger partial charge is 0.321 e. The molecule has 0 spiro atoms. The van der Waals surface area contributed by atoms with Gasteiger partial charge in [0.05, 0.1) is 6.10 Å². The van der Waals surface area contributed by atoms with E-state index < -0.39 is 11.4 Å². The van der Waals surface area contributed by atoms with Gasteiger partial charge in [-0.1, -0.05) is 49.1 Å². The van der Waals surface area contributed by atoms with Crippen LogP contribution in [0.4, 0.5) is 0 Å². The van der Waals surface area contributed by atoms with Crippen molar-refractivity contribution in [3.05, 3.63) is 29.3 Å². The van der Waals surface area contributed by atoms with Gasteiger partial charge < -0.3 is 4.89 Å². The van der Waals surface area contributed by atoms with Gasteiger partial charge in [0.1, 0.15) is 0 Å². The van der Waals surface area contributed by atoms with E-state index in [0.717, 1.165) is 50.5 Å². The molecule has 1 fully saturated rings. The Morgan fingerprint density at radius 1 is 1.29 bits per heavy atom. The van der Waals surface area contributed by atoms with E-state index in [9.17, 15) is 4.21 Å². The first-order chi connectivity index (χ1) is 11.7. The molecule has 1 aliphatic rings. The molecular formula is C19H26O4S. The highest BCUT2D eigenvalue weighted by atomic mass is 32.2. The molecule has 1 atom stereocenters. The molecule has 132 valence electrons. The van der Waals surface area contributed by atoms with E-state index in [0.29, 0.717) is 12.2 Å². The molecule has 5 heteroatoms. The number of benzene rings is 1. The highest BCUT2D eigenvalue weighted by Gasteiger charge is 2.18. The van der Waals surface area contributed by atoms with Crippen LogP contribution >= 0.6 is 0 Å². The standard InChI is InChI=1S/C19H26O4S/c1-3-5-10-16-13-14-19(17(15-16)9-4-2)21-23-24(20)22-18-11-7-6-8-12-18/h2,13-15,18H,3,5-12H2,1H3. The van der Waals surface area contributed by atoms with E-state index in [1.165, 1.54) is 12.0 Å². The van der Waals surface area contributed by atoms with Crippen molar-refractivity contribution >= 4 is 11.4 Å². The monoisotopic (exact) mass is 350 g/mol. The van der Waals surface area contributed by atoms with Crippen LogP contribution in [-0.2, 0) is 32.7 Å². The summed E-state index contributed by atoms with van der Waals surface area (Å²) in [7, 11) is 0. The second kappa shape index (κ2) is 10.5. The summed E-state index contributed by atoms with van der Waals surface area (Å²) in [5, 5.41) is 0. The molecule has 1 aliphatic carbocycles. The zero-order valence-electron chi connectivity index (χ0n) is 14.3. The van der Waals surface area contributed by atoms with Crippen molar-refractivity contribution < 1.29 is 17.6 Å². The van der Waals surface area contributed by atoms with E-state index in [-0.39, 0.29) is 6.10 Å². The van der Waals surface area contributed by atoms with Gasteiger partial charge in [-0.2, -0.15) is 4.21 Å². The predicted molar refractivity (Wildman–Crippen MR) is 95.4 cm³/mol. The van der Waals surface area contributed by atoms with Crippen LogP contribution < -0.4 is 4.89 Å². The highest BCUT2D eigenvalue weighted by Crippen LogP contribution is 2.24. The van der Waals surface area contributed by atoms with E-state index in [1.807, 2.05) is 18.2 Å². The Morgan fingerprint density at radius 2 is 2.08 bits per heavy atom. The third-order valence-electron chi connectivity index (χ3n) is 4.18. The van der Waals surface area contributed by atoms with Gasteiger partial charge in [-0.05, 0) is 37.3 Å². The molecule has 24 heavy (non-hydrogen) atoms. The number of hydrogen-bond acceptors (Lipinski definition) is 4. The average Bonchev–Trinajstić information content (AvgIpc) is 2.60. The third kappa shape index (κ3) is 6.27. The first-order valence-electron chi connectivity index (χ1n) is 8.72. The molecule has 0 aliphatic heterocycles. The van der Waals surface area contributed by atoms with Crippen molar-refractivity contribution in [1.82, 2.24) is 0 Å². The molecule has 4 nitrogen and oxygen atoms in total. The van der Waals surface area contributed by atoms with Crippen LogP contribution in [0, 0.1) is 12.3 Å². The number of terminal acetylenes is 1. The van der Waals surface area contributed by atoms with Gasteiger partial charge in [0, 0.05) is 12.0 Å². The zero-order valence-corrected chi connectivity index (χ0v) is 15.1. The van der Waals surface area contributed by atoms with Crippen LogP contribution in [0.1, 0.15) is 63.0 Å². The van der Waals surface area contributed by atoms with E-state index in [4.69, 9.17) is 19.8 Å². The van der Waals surface area contributed by atoms with Crippen molar-refractivity contribution in [2.75, 3.05) is 0 Å². The topological polar surface area (TPSA) is 44.8 Å². The van der Waals surface area contributed by atoms with Gasteiger partial charge in [-0.15, -0.1) is 12.3 Å². The van der Waals surface area contributed by atoms with Crippen LogP contribution in [0.5, 0.6) is 5.75 Å². The first-order valence-corrected chi connectivity index (χ1v) is 9.72. The van der Waals surface area contributed by atoms with Gasteiger partial charge in [-0.3, -0.25) is 4.18 Å². The lowest BCUT2D eigenvalue weighted by Crippen LogP contribution is -2.19. The summed E-state index contributed by atoms with van der Waals surface area (Å²) in [6.07, 6.45) is 14.4. The maximum absolute atomic E-state index is 11.9. The Bertz CT molecular complexity index is 573. The molecule has 0 radical (unpaired) electrons. The molecule has 1 aromatic rings. The van der Waals surface area contributed by atoms with Gasteiger partial charge in [0.25, 0.3) is 0 Å². The highest BCUT2D eigenvalue weighted by molar-refractivity contribution is 7.75. The molecule has 1 aromatic carbocycles. The lowest BCUT2D eigenvalue weighted by atomic mass is 9.98. The summed E-state index contributed by atoms with van der Waals surface area (Å²) in [6.45, 7) is 2.16. The molecule has 1 unspecified atom stereocenters. The Labute approximate surface area is 147 Å². The van der Waals surface area contributed by atoms with E-state index in [2.05, 4.69) is 12.8 Å². The molecule has 0 bridgehead atoms. The summed E-state index contributed by atoms with van der Waals surface area (Å²) in [6, 6.07) is 5.83. The van der Waals surface area contributed by atoms with Gasteiger partial charge in [0.2, 0.25) is 0 Å². The lowest BCUT2D eigenvalue weighted by molar-refractivity contribution is -0.101. The predicted octanol–water partition coefficient (Wildman–Crippen LogP) is 4.44.